The molecular formula is C11H18N4O. The first-order valence-electron chi connectivity index (χ1n) is 5.34. The number of rotatable bonds is 4. The van der Waals surface area contributed by atoms with E-state index in [0.717, 1.165) is 0 Å². The van der Waals surface area contributed by atoms with Gasteiger partial charge in [-0.2, -0.15) is 0 Å². The van der Waals surface area contributed by atoms with Crippen LogP contribution in [-0.4, -0.2) is 28.4 Å². The highest BCUT2D eigenvalue weighted by atomic mass is 16.2. The highest BCUT2D eigenvalue weighted by Gasteiger charge is 2.18. The van der Waals surface area contributed by atoms with E-state index in [2.05, 4.69) is 10.4 Å². The Hall–Kier alpha value is -1.62. The van der Waals surface area contributed by atoms with E-state index in [1.807, 2.05) is 20.8 Å². The highest BCUT2D eigenvalue weighted by Crippen LogP contribution is 2.08. The molecule has 3 N–H and O–H groups in total. The molecule has 0 bridgehead atoms. The van der Waals surface area contributed by atoms with Crippen molar-refractivity contribution in [2.24, 2.45) is 5.84 Å². The van der Waals surface area contributed by atoms with Gasteiger partial charge in [-0.25, -0.2) is 10.8 Å². The number of nitrogens with one attached hydrogen (secondary N) is 1. The standard InChI is InChI=1S/C11H18N4O/c1-4-15(8(2)3)11(16)9-6-5-7-10(13-9)14-12/h5-8H,4,12H2,1-3H3,(H,13,14). The molecule has 1 rings (SSSR count). The van der Waals surface area contributed by atoms with Crippen molar-refractivity contribution in [3.05, 3.63) is 23.9 Å². The third-order valence-electron chi connectivity index (χ3n) is 2.34. The Morgan fingerprint density at radius 1 is 1.56 bits per heavy atom. The smallest absolute Gasteiger partial charge is 0.272 e. The van der Waals surface area contributed by atoms with Crippen molar-refractivity contribution in [3.8, 4) is 0 Å². The predicted octanol–water partition coefficient (Wildman–Crippen LogP) is 1.24. The summed E-state index contributed by atoms with van der Waals surface area (Å²) in [5.74, 6) is 5.67. The normalized spacial score (nSPS) is 10.3. The fraction of sp³-hybridized carbons (Fsp3) is 0.455. The maximum atomic E-state index is 12.1. The number of pyridine rings is 1. The molecular weight excluding hydrogens is 204 g/mol. The summed E-state index contributed by atoms with van der Waals surface area (Å²) in [6, 6.07) is 5.31. The van der Waals surface area contributed by atoms with Crippen molar-refractivity contribution in [1.29, 1.82) is 0 Å². The summed E-state index contributed by atoms with van der Waals surface area (Å²) in [4.78, 5) is 17.9. The Morgan fingerprint density at radius 3 is 2.75 bits per heavy atom. The van der Waals surface area contributed by atoms with E-state index in [9.17, 15) is 4.79 Å². The Kier molecular flexibility index (Phi) is 4.25. The maximum absolute atomic E-state index is 12.1. The molecule has 1 aromatic rings. The lowest BCUT2D eigenvalue weighted by Crippen LogP contribution is -2.37. The second-order valence-electron chi connectivity index (χ2n) is 3.74. The fourth-order valence-electron chi connectivity index (χ4n) is 1.52. The molecule has 5 nitrogen and oxygen atoms in total. The number of hydrogen-bond donors (Lipinski definition) is 2. The summed E-state index contributed by atoms with van der Waals surface area (Å²) >= 11 is 0. The summed E-state index contributed by atoms with van der Waals surface area (Å²) in [5.41, 5.74) is 2.83. The van der Waals surface area contributed by atoms with Crippen molar-refractivity contribution >= 4 is 11.7 Å². The van der Waals surface area contributed by atoms with Crippen molar-refractivity contribution < 1.29 is 4.79 Å². The number of hydrazine groups is 1. The minimum atomic E-state index is -0.0744. The number of amides is 1. The maximum Gasteiger partial charge on any atom is 0.272 e. The molecule has 0 fully saturated rings. The minimum absolute atomic E-state index is 0.0744. The summed E-state index contributed by atoms with van der Waals surface area (Å²) in [6.07, 6.45) is 0. The number of aromatic nitrogens is 1. The zero-order chi connectivity index (χ0) is 12.1. The molecule has 0 aliphatic carbocycles. The van der Waals surface area contributed by atoms with Gasteiger partial charge >= 0.3 is 0 Å². The van der Waals surface area contributed by atoms with Crippen LogP contribution in [0.5, 0.6) is 0 Å². The van der Waals surface area contributed by atoms with Gasteiger partial charge < -0.3 is 10.3 Å². The second kappa shape index (κ2) is 5.46. The van der Waals surface area contributed by atoms with E-state index in [0.29, 0.717) is 18.1 Å². The molecule has 0 spiro atoms. The lowest BCUT2D eigenvalue weighted by Gasteiger charge is -2.24. The fourth-order valence-corrected chi connectivity index (χ4v) is 1.52. The van der Waals surface area contributed by atoms with Gasteiger partial charge in [-0.05, 0) is 32.9 Å². The van der Waals surface area contributed by atoms with Gasteiger partial charge in [0.25, 0.3) is 5.91 Å². The molecule has 1 amide bonds. The van der Waals surface area contributed by atoms with Crippen molar-refractivity contribution in [2.45, 2.75) is 26.8 Å². The van der Waals surface area contributed by atoms with Crippen LogP contribution in [0.15, 0.2) is 18.2 Å². The Morgan fingerprint density at radius 2 is 2.25 bits per heavy atom. The number of nitrogen functional groups attached to an aromatic ring is 1. The summed E-state index contributed by atoms with van der Waals surface area (Å²) in [6.45, 7) is 6.57. The van der Waals surface area contributed by atoms with E-state index in [1.165, 1.54) is 0 Å². The number of hydrogen-bond acceptors (Lipinski definition) is 4. The van der Waals surface area contributed by atoms with Gasteiger partial charge in [-0.15, -0.1) is 0 Å². The van der Waals surface area contributed by atoms with Gasteiger partial charge in [0.05, 0.1) is 0 Å². The average molecular weight is 222 g/mol. The van der Waals surface area contributed by atoms with Crippen molar-refractivity contribution in [2.75, 3.05) is 12.0 Å². The molecule has 1 aromatic heterocycles. The average Bonchev–Trinajstić information content (AvgIpc) is 2.29. The molecule has 0 radical (unpaired) electrons. The third kappa shape index (κ3) is 2.70. The first kappa shape index (κ1) is 12.4. The first-order valence-corrected chi connectivity index (χ1v) is 5.34. The summed E-state index contributed by atoms with van der Waals surface area (Å²) < 4.78 is 0. The van der Waals surface area contributed by atoms with Gasteiger partial charge in [0.1, 0.15) is 11.5 Å². The van der Waals surface area contributed by atoms with E-state index < -0.39 is 0 Å². The third-order valence-corrected chi connectivity index (χ3v) is 2.34. The van der Waals surface area contributed by atoms with E-state index >= 15 is 0 Å². The minimum Gasteiger partial charge on any atom is -0.335 e. The van der Waals surface area contributed by atoms with Crippen LogP contribution in [0.3, 0.4) is 0 Å². The Balaban J connectivity index is 2.94. The highest BCUT2D eigenvalue weighted by molar-refractivity contribution is 5.92. The van der Waals surface area contributed by atoms with Crippen LogP contribution < -0.4 is 11.3 Å². The Labute approximate surface area is 95.6 Å². The SMILES string of the molecule is CCN(C(=O)c1cccc(NN)n1)C(C)C. The van der Waals surface area contributed by atoms with E-state index in [1.54, 1.807) is 23.1 Å². The zero-order valence-electron chi connectivity index (χ0n) is 9.90. The van der Waals surface area contributed by atoms with Crippen LogP contribution >= 0.6 is 0 Å². The number of nitrogens with zero attached hydrogens (tertiary/aromatic N) is 2. The van der Waals surface area contributed by atoms with Gasteiger partial charge in [-0.1, -0.05) is 6.07 Å². The van der Waals surface area contributed by atoms with Gasteiger partial charge in [0.15, 0.2) is 0 Å². The molecule has 1 heterocycles. The number of carbonyl (C=O) groups excluding carboxylic acids is 1. The molecule has 5 heteroatoms. The van der Waals surface area contributed by atoms with Crippen LogP contribution in [0, 0.1) is 0 Å². The molecule has 0 aliphatic rings. The molecule has 88 valence electrons. The number of anilines is 1. The monoisotopic (exact) mass is 222 g/mol. The summed E-state index contributed by atoms with van der Waals surface area (Å²) in [7, 11) is 0. The lowest BCUT2D eigenvalue weighted by atomic mass is 10.2. The van der Waals surface area contributed by atoms with Gasteiger partial charge in [0, 0.05) is 12.6 Å². The van der Waals surface area contributed by atoms with Gasteiger partial charge in [-0.3, -0.25) is 4.79 Å². The lowest BCUT2D eigenvalue weighted by molar-refractivity contribution is 0.0711. The molecule has 0 aromatic carbocycles. The van der Waals surface area contributed by atoms with Crippen LogP contribution in [0.2, 0.25) is 0 Å². The molecule has 0 saturated heterocycles. The second-order valence-corrected chi connectivity index (χ2v) is 3.74. The predicted molar refractivity (Wildman–Crippen MR) is 63.9 cm³/mol. The van der Waals surface area contributed by atoms with Crippen LogP contribution in [0.25, 0.3) is 0 Å². The van der Waals surface area contributed by atoms with Crippen LogP contribution in [0.1, 0.15) is 31.3 Å². The zero-order valence-corrected chi connectivity index (χ0v) is 9.90. The molecule has 0 unspecified atom stereocenters. The molecule has 16 heavy (non-hydrogen) atoms. The van der Waals surface area contributed by atoms with E-state index in [-0.39, 0.29) is 11.9 Å². The molecule has 0 aliphatic heterocycles. The van der Waals surface area contributed by atoms with E-state index in [4.69, 9.17) is 5.84 Å². The molecule has 0 atom stereocenters. The first-order chi connectivity index (χ1) is 7.60. The van der Waals surface area contributed by atoms with Crippen molar-refractivity contribution in [1.82, 2.24) is 9.88 Å². The largest absolute Gasteiger partial charge is 0.335 e. The number of carbonyl (C=O) groups is 1. The topological polar surface area (TPSA) is 71.2 Å². The summed E-state index contributed by atoms with van der Waals surface area (Å²) in [5, 5.41) is 0. The quantitative estimate of drug-likeness (QED) is 0.594. The molecule has 0 saturated carbocycles. The van der Waals surface area contributed by atoms with Gasteiger partial charge in [0.2, 0.25) is 0 Å². The van der Waals surface area contributed by atoms with Crippen molar-refractivity contribution in [3.63, 3.8) is 0 Å². The van der Waals surface area contributed by atoms with Crippen LogP contribution in [0.4, 0.5) is 5.82 Å². The number of nitrogens with two attached hydrogens (primary N) is 1. The Bertz CT molecular complexity index is 365. The van der Waals surface area contributed by atoms with Crippen LogP contribution in [-0.2, 0) is 0 Å².